The van der Waals surface area contributed by atoms with Gasteiger partial charge in [-0.05, 0) is 81.8 Å². The molecule has 2 aromatic heterocycles. The monoisotopic (exact) mass is 621 g/mol. The van der Waals surface area contributed by atoms with Crippen LogP contribution in [-0.4, -0.2) is 81.1 Å². The molecule has 46 heavy (non-hydrogen) atoms. The molecular formula is C35H39N7O4. The molecule has 1 unspecified atom stereocenters. The Kier molecular flexibility index (Phi) is 8.21. The Bertz CT molecular complexity index is 1760. The Morgan fingerprint density at radius 3 is 2.70 bits per heavy atom. The number of benzene rings is 1. The fourth-order valence-corrected chi connectivity index (χ4v) is 7.35. The van der Waals surface area contributed by atoms with E-state index in [1.807, 2.05) is 29.3 Å². The number of nitrogens with one attached hydrogen (secondary N) is 3. The highest BCUT2D eigenvalue weighted by atomic mass is 16.2. The van der Waals surface area contributed by atoms with E-state index in [0.29, 0.717) is 49.4 Å². The summed E-state index contributed by atoms with van der Waals surface area (Å²) in [5, 5.41) is 6.39. The highest BCUT2D eigenvalue weighted by molar-refractivity contribution is 6.05. The fraction of sp³-hybridized carbons (Fsp3) is 0.457. The van der Waals surface area contributed by atoms with Crippen LogP contribution in [0.2, 0.25) is 0 Å². The minimum atomic E-state index is -0.637. The van der Waals surface area contributed by atoms with Gasteiger partial charge < -0.3 is 14.8 Å². The number of likely N-dealkylation sites (tertiary alicyclic amines) is 2. The van der Waals surface area contributed by atoms with Crippen LogP contribution in [0.25, 0.3) is 10.9 Å². The summed E-state index contributed by atoms with van der Waals surface area (Å²) in [6.07, 6.45) is 8.26. The van der Waals surface area contributed by atoms with E-state index in [2.05, 4.69) is 50.5 Å². The third-order valence-electron chi connectivity index (χ3n) is 10.0. The molecule has 0 bridgehead atoms. The van der Waals surface area contributed by atoms with E-state index >= 15 is 0 Å². The molecule has 4 aliphatic rings. The number of rotatable bonds is 5. The number of carbonyl (C=O) groups is 4. The lowest BCUT2D eigenvalue weighted by Gasteiger charge is -2.31. The van der Waals surface area contributed by atoms with Crippen LogP contribution in [0, 0.1) is 17.8 Å². The van der Waals surface area contributed by atoms with Crippen molar-refractivity contribution in [3.05, 3.63) is 58.9 Å². The van der Waals surface area contributed by atoms with Crippen molar-refractivity contribution in [2.75, 3.05) is 32.0 Å². The molecule has 3 aromatic rings. The van der Waals surface area contributed by atoms with Crippen molar-refractivity contribution in [2.24, 2.45) is 5.92 Å². The fourth-order valence-electron chi connectivity index (χ4n) is 7.35. The number of pyridine rings is 1. The SMILES string of the molecule is CN1CCC[C@@H]1c1cc2cnc(NC(=O)N3CCC(CCC#Cc4cccc5c4CN(C4CCC(=O)NC4=O)C5=O)CC3)cc2[nH]1. The van der Waals surface area contributed by atoms with E-state index in [9.17, 15) is 19.2 Å². The smallest absolute Gasteiger partial charge is 0.323 e. The number of fused-ring (bicyclic) bond motifs is 2. The first-order valence-electron chi connectivity index (χ1n) is 16.3. The average Bonchev–Trinajstić information content (AvgIpc) is 3.76. The molecule has 0 aliphatic carbocycles. The molecule has 11 nitrogen and oxygen atoms in total. The third kappa shape index (κ3) is 5.97. The zero-order chi connectivity index (χ0) is 31.8. The highest BCUT2D eigenvalue weighted by Gasteiger charge is 2.39. The largest absolute Gasteiger partial charge is 0.357 e. The van der Waals surface area contributed by atoms with Gasteiger partial charge in [-0.2, -0.15) is 0 Å². The molecule has 3 N–H and O–H groups in total. The van der Waals surface area contributed by atoms with Gasteiger partial charge in [-0.25, -0.2) is 9.78 Å². The number of hydrogen-bond acceptors (Lipinski definition) is 6. The van der Waals surface area contributed by atoms with Crippen molar-refractivity contribution in [2.45, 2.75) is 70.0 Å². The lowest BCUT2D eigenvalue weighted by molar-refractivity contribution is -0.136. The zero-order valence-electron chi connectivity index (χ0n) is 26.1. The number of piperidine rings is 2. The minimum absolute atomic E-state index is 0.119. The van der Waals surface area contributed by atoms with Gasteiger partial charge in [0.25, 0.3) is 5.91 Å². The summed E-state index contributed by atoms with van der Waals surface area (Å²) >= 11 is 0. The molecule has 4 aliphatic heterocycles. The number of imide groups is 1. The summed E-state index contributed by atoms with van der Waals surface area (Å²) < 4.78 is 0. The van der Waals surface area contributed by atoms with E-state index in [-0.39, 0.29) is 24.3 Å². The molecule has 6 heterocycles. The Labute approximate surface area is 268 Å². The van der Waals surface area contributed by atoms with Crippen molar-refractivity contribution in [3.63, 3.8) is 0 Å². The van der Waals surface area contributed by atoms with Gasteiger partial charge in [-0.15, -0.1) is 0 Å². The van der Waals surface area contributed by atoms with Crippen LogP contribution in [-0.2, 0) is 16.1 Å². The van der Waals surface area contributed by atoms with E-state index < -0.39 is 11.9 Å². The summed E-state index contributed by atoms with van der Waals surface area (Å²) in [6, 6.07) is 9.25. The maximum atomic E-state index is 13.1. The second kappa shape index (κ2) is 12.6. The van der Waals surface area contributed by atoms with Crippen LogP contribution >= 0.6 is 0 Å². The number of carbonyl (C=O) groups excluding carboxylic acids is 4. The number of aromatic amines is 1. The summed E-state index contributed by atoms with van der Waals surface area (Å²) in [5.41, 5.74) is 4.41. The van der Waals surface area contributed by atoms with Crippen molar-refractivity contribution in [1.82, 2.24) is 30.0 Å². The van der Waals surface area contributed by atoms with Crippen LogP contribution in [0.3, 0.4) is 0 Å². The number of urea groups is 1. The van der Waals surface area contributed by atoms with Crippen molar-refractivity contribution >= 4 is 40.5 Å². The molecule has 0 spiro atoms. The lowest BCUT2D eigenvalue weighted by Crippen LogP contribution is -2.52. The quantitative estimate of drug-likeness (QED) is 0.290. The number of nitrogens with zero attached hydrogens (tertiary/aromatic N) is 4. The van der Waals surface area contributed by atoms with Crippen LogP contribution < -0.4 is 10.6 Å². The summed E-state index contributed by atoms with van der Waals surface area (Å²) in [5.74, 6) is 6.70. The lowest BCUT2D eigenvalue weighted by atomic mass is 9.92. The normalized spacial score (nSPS) is 22.2. The first-order valence-corrected chi connectivity index (χ1v) is 16.3. The van der Waals surface area contributed by atoms with Crippen LogP contribution in [0.4, 0.5) is 10.6 Å². The van der Waals surface area contributed by atoms with E-state index in [0.717, 1.165) is 60.7 Å². The molecule has 1 aromatic carbocycles. The van der Waals surface area contributed by atoms with Gasteiger partial charge in [0.15, 0.2) is 0 Å². The zero-order valence-corrected chi connectivity index (χ0v) is 26.1. The van der Waals surface area contributed by atoms with Crippen molar-refractivity contribution < 1.29 is 19.2 Å². The van der Waals surface area contributed by atoms with Crippen LogP contribution in [0.15, 0.2) is 36.5 Å². The maximum Gasteiger partial charge on any atom is 0.323 e. The molecule has 5 amide bonds. The molecule has 0 radical (unpaired) electrons. The second-order valence-corrected chi connectivity index (χ2v) is 13.0. The van der Waals surface area contributed by atoms with Gasteiger partial charge in [0.1, 0.15) is 11.9 Å². The van der Waals surface area contributed by atoms with Gasteiger partial charge in [0.2, 0.25) is 11.8 Å². The summed E-state index contributed by atoms with van der Waals surface area (Å²) in [6.45, 7) is 2.81. The van der Waals surface area contributed by atoms with Crippen molar-refractivity contribution in [3.8, 4) is 11.8 Å². The Balaban J connectivity index is 0.892. The number of aromatic nitrogens is 2. The van der Waals surface area contributed by atoms with Gasteiger partial charge in [0.05, 0.1) is 5.52 Å². The minimum Gasteiger partial charge on any atom is -0.357 e. The third-order valence-corrected chi connectivity index (χ3v) is 10.0. The first kappa shape index (κ1) is 30.0. The predicted octanol–water partition coefficient (Wildman–Crippen LogP) is 4.17. The summed E-state index contributed by atoms with van der Waals surface area (Å²) in [7, 11) is 2.16. The van der Waals surface area contributed by atoms with Crippen LogP contribution in [0.1, 0.15) is 84.6 Å². The van der Waals surface area contributed by atoms with Gasteiger partial charge >= 0.3 is 6.03 Å². The number of amides is 5. The van der Waals surface area contributed by atoms with Gasteiger partial charge in [0, 0.05) is 73.0 Å². The van der Waals surface area contributed by atoms with Gasteiger partial charge in [-0.3, -0.25) is 29.9 Å². The Morgan fingerprint density at radius 2 is 1.91 bits per heavy atom. The van der Waals surface area contributed by atoms with E-state index in [1.54, 1.807) is 11.0 Å². The topological polar surface area (TPSA) is 131 Å². The molecule has 3 fully saturated rings. The predicted molar refractivity (Wildman–Crippen MR) is 173 cm³/mol. The molecule has 2 atom stereocenters. The standard InChI is InChI=1S/C35H39N7O4/c1-40-15-5-10-29(40)28-18-24-20-36-31(19-27(24)37-28)38-35(46)41-16-13-22(14-17-41)6-2-3-7-23-8-4-9-25-26(23)21-42(34(25)45)30-11-12-32(43)39-33(30)44/h4,8-9,18-20,22,29-30,37H,2,5-6,10-17,21H2,1H3,(H,36,38,46)(H,39,43,44)/t29-,30?/m1/s1. The Morgan fingerprint density at radius 1 is 1.07 bits per heavy atom. The number of hydrogen-bond donors (Lipinski definition) is 3. The highest BCUT2D eigenvalue weighted by Crippen LogP contribution is 2.33. The molecule has 0 saturated carbocycles. The molecule has 7 rings (SSSR count). The molecular weight excluding hydrogens is 582 g/mol. The average molecular weight is 622 g/mol. The first-order chi connectivity index (χ1) is 22.3. The molecule has 11 heteroatoms. The van der Waals surface area contributed by atoms with Crippen LogP contribution in [0.5, 0.6) is 0 Å². The van der Waals surface area contributed by atoms with E-state index in [4.69, 9.17) is 0 Å². The van der Waals surface area contributed by atoms with Gasteiger partial charge in [-0.1, -0.05) is 17.9 Å². The Hall–Kier alpha value is -4.69. The maximum absolute atomic E-state index is 13.1. The second-order valence-electron chi connectivity index (χ2n) is 13.0. The number of anilines is 1. The molecule has 3 saturated heterocycles. The van der Waals surface area contributed by atoms with Crippen molar-refractivity contribution in [1.29, 1.82) is 0 Å². The molecule has 238 valence electrons. The van der Waals surface area contributed by atoms with E-state index in [1.165, 1.54) is 12.1 Å². The number of H-pyrrole nitrogens is 1. The summed E-state index contributed by atoms with van der Waals surface area (Å²) in [4.78, 5) is 63.9.